The van der Waals surface area contributed by atoms with Crippen LogP contribution in [0.25, 0.3) is 0 Å². The summed E-state index contributed by atoms with van der Waals surface area (Å²) in [6.07, 6.45) is 9.57. The van der Waals surface area contributed by atoms with Crippen LogP contribution in [0.3, 0.4) is 0 Å². The zero-order valence-electron chi connectivity index (χ0n) is 19.3. The van der Waals surface area contributed by atoms with E-state index in [0.717, 1.165) is 43.6 Å². The van der Waals surface area contributed by atoms with E-state index in [2.05, 4.69) is 19.9 Å². The number of aliphatic hydroxyl groups is 1. The lowest BCUT2D eigenvalue weighted by Crippen LogP contribution is -2.51. The van der Waals surface area contributed by atoms with Crippen molar-refractivity contribution in [1.82, 2.24) is 0 Å². The molecule has 0 bridgehead atoms. The van der Waals surface area contributed by atoms with Gasteiger partial charge in [0.25, 0.3) is 0 Å². The summed E-state index contributed by atoms with van der Waals surface area (Å²) in [4.78, 5) is 24.2. The molecule has 2 saturated carbocycles. The highest BCUT2D eigenvalue weighted by molar-refractivity contribution is 5.97. The summed E-state index contributed by atoms with van der Waals surface area (Å²) >= 11 is 0. The molecule has 1 unspecified atom stereocenters. The Kier molecular flexibility index (Phi) is 4.87. The highest BCUT2D eigenvalue weighted by atomic mass is 16.4. The normalized spacial score (nSPS) is 40.8. The van der Waals surface area contributed by atoms with E-state index < -0.39 is 11.6 Å². The first-order chi connectivity index (χ1) is 15.1. The van der Waals surface area contributed by atoms with Gasteiger partial charge in [0.15, 0.2) is 5.78 Å². The summed E-state index contributed by atoms with van der Waals surface area (Å²) < 4.78 is 5.86. The third-order valence-corrected chi connectivity index (χ3v) is 9.58. The van der Waals surface area contributed by atoms with Gasteiger partial charge in [-0.2, -0.15) is 0 Å². The summed E-state index contributed by atoms with van der Waals surface area (Å²) in [5.74, 6) is 1.37. The molecule has 5 heteroatoms. The Balaban J connectivity index is 1.49. The predicted octanol–water partition coefficient (Wildman–Crippen LogP) is 5.33. The van der Waals surface area contributed by atoms with Gasteiger partial charge in [-0.3, -0.25) is 9.59 Å². The summed E-state index contributed by atoms with van der Waals surface area (Å²) in [6, 6.07) is 3.86. The Hall–Kier alpha value is -2.14. The monoisotopic (exact) mass is 438 g/mol. The molecule has 0 aliphatic heterocycles. The van der Waals surface area contributed by atoms with Crippen molar-refractivity contribution in [2.45, 2.75) is 83.7 Å². The molecule has 172 valence electrons. The van der Waals surface area contributed by atoms with Crippen molar-refractivity contribution in [1.29, 1.82) is 0 Å². The fraction of sp³-hybridized carbons (Fsp3) is 0.630. The standard InChI is InChI=1S/C27H34O5/c1-16-4-7-23(32-16)19-15-25(2)17(14-22(19)28)5-6-18-20(25)8-11-26(3)21(18)9-12-27(26,31)13-10-24(29)30/h4,7-8,14,18-19,21,31H,5-6,9-13,15H2,1-3H3,(H,29,30)/t18-,19?,21+,25+,26+,27-/m1/s1. The van der Waals surface area contributed by atoms with Crippen molar-refractivity contribution in [3.63, 3.8) is 0 Å². The summed E-state index contributed by atoms with van der Waals surface area (Å²) in [6.45, 7) is 6.37. The second-order valence-electron chi connectivity index (χ2n) is 11.1. The van der Waals surface area contributed by atoms with Gasteiger partial charge >= 0.3 is 5.97 Å². The topological polar surface area (TPSA) is 87.7 Å². The second kappa shape index (κ2) is 7.18. The molecular weight excluding hydrogens is 404 g/mol. The van der Waals surface area contributed by atoms with E-state index in [-0.39, 0.29) is 29.0 Å². The van der Waals surface area contributed by atoms with Crippen molar-refractivity contribution >= 4 is 11.8 Å². The number of allylic oxidation sites excluding steroid dienone is 4. The fourth-order valence-electron chi connectivity index (χ4n) is 7.65. The Labute approximate surface area is 189 Å². The minimum Gasteiger partial charge on any atom is -0.481 e. The molecule has 5 rings (SSSR count). The van der Waals surface area contributed by atoms with Crippen LogP contribution < -0.4 is 0 Å². The maximum Gasteiger partial charge on any atom is 0.303 e. The van der Waals surface area contributed by atoms with E-state index in [1.165, 1.54) is 11.1 Å². The van der Waals surface area contributed by atoms with Crippen molar-refractivity contribution < 1.29 is 24.2 Å². The van der Waals surface area contributed by atoms with Gasteiger partial charge in [0.2, 0.25) is 0 Å². The van der Waals surface area contributed by atoms with Crippen molar-refractivity contribution in [2.75, 3.05) is 0 Å². The number of ketones is 1. The lowest BCUT2D eigenvalue weighted by Gasteiger charge is -2.55. The minimum absolute atomic E-state index is 0.0109. The van der Waals surface area contributed by atoms with Gasteiger partial charge < -0.3 is 14.6 Å². The highest BCUT2D eigenvalue weighted by Gasteiger charge is 2.61. The number of carbonyl (C=O) groups excluding carboxylic acids is 1. The zero-order valence-corrected chi connectivity index (χ0v) is 19.3. The smallest absolute Gasteiger partial charge is 0.303 e. The van der Waals surface area contributed by atoms with E-state index >= 15 is 0 Å². The van der Waals surface area contributed by atoms with Crippen LogP contribution in [0.15, 0.2) is 39.8 Å². The van der Waals surface area contributed by atoms with Crippen LogP contribution in [-0.4, -0.2) is 27.6 Å². The number of aliphatic carboxylic acids is 1. The molecule has 0 radical (unpaired) electrons. The van der Waals surface area contributed by atoms with Crippen LogP contribution in [-0.2, 0) is 9.59 Å². The van der Waals surface area contributed by atoms with Gasteiger partial charge in [-0.05, 0) is 81.9 Å². The Morgan fingerprint density at radius 3 is 2.72 bits per heavy atom. The lowest BCUT2D eigenvalue weighted by molar-refractivity contribution is -0.141. The summed E-state index contributed by atoms with van der Waals surface area (Å²) in [5.41, 5.74) is 1.29. The van der Waals surface area contributed by atoms with Gasteiger partial charge in [0.1, 0.15) is 11.5 Å². The van der Waals surface area contributed by atoms with Gasteiger partial charge in [-0.15, -0.1) is 0 Å². The molecule has 5 nitrogen and oxygen atoms in total. The van der Waals surface area contributed by atoms with Crippen LogP contribution in [0.5, 0.6) is 0 Å². The first-order valence-corrected chi connectivity index (χ1v) is 12.0. The minimum atomic E-state index is -0.925. The maximum absolute atomic E-state index is 13.0. The number of carbonyl (C=O) groups is 2. The molecule has 0 saturated heterocycles. The Bertz CT molecular complexity index is 1030. The number of rotatable bonds is 4. The zero-order chi connectivity index (χ0) is 22.9. The third-order valence-electron chi connectivity index (χ3n) is 9.58. The van der Waals surface area contributed by atoms with Crippen molar-refractivity contribution in [3.05, 3.63) is 47.0 Å². The predicted molar refractivity (Wildman–Crippen MR) is 120 cm³/mol. The average Bonchev–Trinajstić information content (AvgIpc) is 3.28. The van der Waals surface area contributed by atoms with E-state index in [9.17, 15) is 19.8 Å². The lowest BCUT2D eigenvalue weighted by atomic mass is 9.49. The highest BCUT2D eigenvalue weighted by Crippen LogP contribution is 2.66. The van der Waals surface area contributed by atoms with Crippen molar-refractivity contribution in [2.24, 2.45) is 22.7 Å². The van der Waals surface area contributed by atoms with Crippen molar-refractivity contribution in [3.8, 4) is 0 Å². The SMILES string of the molecule is Cc1ccc(C2C[C@@]3(C)C(=CC2=O)CC[C@@H]2C3=CC[C@@]3(C)[C@H]2CC[C@@]3(O)CCC(=O)O)o1. The average molecular weight is 439 g/mol. The van der Waals surface area contributed by atoms with Crippen LogP contribution in [0.4, 0.5) is 0 Å². The quantitative estimate of drug-likeness (QED) is 0.621. The van der Waals surface area contributed by atoms with Crippen LogP contribution in [0.1, 0.15) is 82.7 Å². The van der Waals surface area contributed by atoms with Crippen LogP contribution in [0.2, 0.25) is 0 Å². The second-order valence-corrected chi connectivity index (χ2v) is 11.1. The molecule has 2 fully saturated rings. The number of carboxylic acid groups (broad SMARTS) is 1. The third kappa shape index (κ3) is 3.00. The number of aryl methyl sites for hydroxylation is 1. The summed E-state index contributed by atoms with van der Waals surface area (Å²) in [5, 5.41) is 20.7. The molecule has 4 aliphatic carbocycles. The molecule has 0 amide bonds. The number of furan rings is 1. The molecule has 32 heavy (non-hydrogen) atoms. The first kappa shape index (κ1) is 21.7. The van der Waals surface area contributed by atoms with Gasteiger partial charge in [0, 0.05) is 17.3 Å². The molecule has 1 heterocycles. The molecule has 1 aromatic heterocycles. The number of carboxylic acids is 1. The van der Waals surface area contributed by atoms with Gasteiger partial charge in [-0.25, -0.2) is 0 Å². The van der Waals surface area contributed by atoms with E-state index in [4.69, 9.17) is 4.42 Å². The molecular formula is C27H34O5. The van der Waals surface area contributed by atoms with Gasteiger partial charge in [-0.1, -0.05) is 31.1 Å². The number of hydrogen-bond acceptors (Lipinski definition) is 4. The first-order valence-electron chi connectivity index (χ1n) is 12.0. The molecule has 1 aromatic rings. The Morgan fingerprint density at radius 1 is 1.25 bits per heavy atom. The molecule has 2 N–H and O–H groups in total. The number of hydrogen-bond donors (Lipinski definition) is 2. The molecule has 6 atom stereocenters. The fourth-order valence-corrected chi connectivity index (χ4v) is 7.65. The largest absolute Gasteiger partial charge is 0.481 e. The Morgan fingerprint density at radius 2 is 2.03 bits per heavy atom. The van der Waals surface area contributed by atoms with E-state index in [1.807, 2.05) is 25.1 Å². The maximum atomic E-state index is 13.0. The van der Waals surface area contributed by atoms with Crippen LogP contribution >= 0.6 is 0 Å². The summed E-state index contributed by atoms with van der Waals surface area (Å²) in [7, 11) is 0. The van der Waals surface area contributed by atoms with Crippen LogP contribution in [0, 0.1) is 29.6 Å². The van der Waals surface area contributed by atoms with E-state index in [1.54, 1.807) is 0 Å². The molecule has 0 aromatic carbocycles. The molecule has 0 spiro atoms. The van der Waals surface area contributed by atoms with Gasteiger partial charge in [0.05, 0.1) is 11.5 Å². The van der Waals surface area contributed by atoms with E-state index in [0.29, 0.717) is 24.7 Å². The number of fused-ring (bicyclic) bond motifs is 5. The molecule has 4 aliphatic rings.